The summed E-state index contributed by atoms with van der Waals surface area (Å²) in [6.45, 7) is 2.03. The summed E-state index contributed by atoms with van der Waals surface area (Å²) in [7, 11) is 1.28. The lowest BCUT2D eigenvalue weighted by atomic mass is 10.1. The van der Waals surface area contributed by atoms with Gasteiger partial charge < -0.3 is 35.4 Å². The highest BCUT2D eigenvalue weighted by Crippen LogP contribution is 2.32. The number of phenols is 2. The zero-order valence-electron chi connectivity index (χ0n) is 54.7. The third-order valence-electron chi connectivity index (χ3n) is 14.7. The number of aromatic carboxylic acids is 4. The van der Waals surface area contributed by atoms with Crippen molar-refractivity contribution in [1.82, 2.24) is 41.5 Å². The number of carboxylic acids is 4. The molecule has 8 aromatic carbocycles. The minimum Gasteiger partial charge on any atom is -0.504 e. The lowest BCUT2D eigenvalue weighted by Crippen LogP contribution is -2.35. The molecule has 33 heteroatoms. The third kappa shape index (κ3) is 27.1. The van der Waals surface area contributed by atoms with Gasteiger partial charge >= 0.3 is 23.9 Å². The zero-order valence-corrected chi connectivity index (χ0v) is 56.2. The van der Waals surface area contributed by atoms with Crippen LogP contribution < -0.4 is 26.7 Å². The van der Waals surface area contributed by atoms with E-state index in [0.29, 0.717) is 31.7 Å². The molecule has 0 bridgehead atoms. The lowest BCUT2D eigenvalue weighted by molar-refractivity contribution is -0.131. The lowest BCUT2D eigenvalue weighted by Gasteiger charge is -2.22. The molecule has 0 spiro atoms. The summed E-state index contributed by atoms with van der Waals surface area (Å²) in [5.74, 6) is -12.0. The van der Waals surface area contributed by atoms with E-state index in [4.69, 9.17) is 69.2 Å². The number of hydrogen-bond acceptors (Lipinski definition) is 19. The Morgan fingerprint density at radius 3 is 1.00 bits per heavy atom. The van der Waals surface area contributed by atoms with E-state index in [0.717, 1.165) is 39.9 Å². The molecule has 0 aromatic heterocycles. The number of hydroxylamine groups is 4. The van der Waals surface area contributed by atoms with Gasteiger partial charge in [-0.3, -0.25) is 59.6 Å². The first kappa shape index (κ1) is 82.6. The second kappa shape index (κ2) is 41.0. The maximum Gasteiger partial charge on any atom is 0.335 e. The van der Waals surface area contributed by atoms with Gasteiger partial charge in [-0.05, 0) is 95.4 Å². The summed E-state index contributed by atoms with van der Waals surface area (Å²) in [4.78, 5) is 96.3. The number of halogens is 6. The molecule has 8 rings (SSSR count). The number of phenolic OH excluding ortho intramolecular Hbond substituents is 2. The van der Waals surface area contributed by atoms with Crippen molar-refractivity contribution < 1.29 is 112 Å². The predicted molar refractivity (Wildman–Crippen MR) is 360 cm³/mol. The third-order valence-corrected chi connectivity index (χ3v) is 15.3. The van der Waals surface area contributed by atoms with Crippen LogP contribution in [0.2, 0.25) is 10.0 Å². The van der Waals surface area contributed by atoms with E-state index in [-0.39, 0.29) is 101 Å². The number of methoxy groups -OCH3 is 1. The molecule has 103 heavy (non-hydrogen) atoms. The van der Waals surface area contributed by atoms with E-state index >= 15 is 0 Å². The van der Waals surface area contributed by atoms with Gasteiger partial charge in [-0.2, -0.15) is 0 Å². The Balaban J connectivity index is 0.000000247. The van der Waals surface area contributed by atoms with E-state index in [1.807, 2.05) is 42.2 Å². The second-order valence-corrected chi connectivity index (χ2v) is 23.3. The molecule has 0 radical (unpaired) electrons. The monoisotopic (exact) mass is 1470 g/mol. The molecule has 0 fully saturated rings. The van der Waals surface area contributed by atoms with Crippen LogP contribution in [-0.2, 0) is 71.5 Å². The van der Waals surface area contributed by atoms with Crippen molar-refractivity contribution in [1.29, 1.82) is 0 Å². The minimum absolute atomic E-state index is 0.00166. The van der Waals surface area contributed by atoms with E-state index in [1.54, 1.807) is 58.3 Å². The van der Waals surface area contributed by atoms with Gasteiger partial charge in [-0.25, -0.2) is 58.7 Å². The van der Waals surface area contributed by atoms with Gasteiger partial charge in [0.2, 0.25) is 0 Å². The van der Waals surface area contributed by atoms with E-state index < -0.39 is 88.8 Å². The molecule has 14 N–H and O–H groups in total. The molecular weight excluding hydrogens is 1400 g/mol. The van der Waals surface area contributed by atoms with Crippen molar-refractivity contribution in [3.05, 3.63) is 263 Å². The molecule has 0 saturated heterocycles. The fourth-order valence-corrected chi connectivity index (χ4v) is 9.98. The number of carbonyl (C=O) groups is 8. The van der Waals surface area contributed by atoms with Gasteiger partial charge in [0.05, 0.1) is 65.6 Å². The first-order valence-corrected chi connectivity index (χ1v) is 31.0. The normalized spacial score (nSPS) is 10.7. The van der Waals surface area contributed by atoms with Crippen LogP contribution in [0, 0.1) is 30.2 Å². The number of carbonyl (C=O) groups excluding carboxylic acids is 4. The van der Waals surface area contributed by atoms with E-state index in [9.17, 15) is 66.1 Å². The largest absolute Gasteiger partial charge is 0.504 e. The Morgan fingerprint density at radius 2 is 0.689 bits per heavy atom. The van der Waals surface area contributed by atoms with Crippen molar-refractivity contribution in [2.45, 2.75) is 59.3 Å². The minimum atomic E-state index is -1.12. The molecule has 0 unspecified atom stereocenters. The van der Waals surface area contributed by atoms with E-state index in [2.05, 4.69) is 0 Å². The number of aryl methyl sites for hydroxylation is 1. The first-order chi connectivity index (χ1) is 48.9. The summed E-state index contributed by atoms with van der Waals surface area (Å²) < 4.78 is 61.5. The van der Waals surface area contributed by atoms with Crippen LogP contribution in [0.1, 0.15) is 91.5 Å². The second-order valence-electron chi connectivity index (χ2n) is 22.5. The summed E-state index contributed by atoms with van der Waals surface area (Å²) in [5.41, 5.74) is 11.5. The summed E-state index contributed by atoms with van der Waals surface area (Å²) in [6.07, 6.45) is 0. The van der Waals surface area contributed by atoms with Gasteiger partial charge in [0.25, 0.3) is 23.6 Å². The zero-order chi connectivity index (χ0) is 76.0. The van der Waals surface area contributed by atoms with Crippen LogP contribution in [0.25, 0.3) is 0 Å². The van der Waals surface area contributed by atoms with Gasteiger partial charge in [0.15, 0.2) is 23.1 Å². The van der Waals surface area contributed by atoms with Gasteiger partial charge in [-0.1, -0.05) is 114 Å². The SMILES string of the molecule is COc1cc(F)c(CN(CC(=O)NO)Cc2cccc(C(=O)O)c2)c(F)c1.Cc1ccc(CN(CC(=O)NO)Cc2cccc(C(=O)O)c2)cc1.O=C(CN(Cc1ccc(C(=O)O)cc1)Cc1ccc(C(=O)O)cc1)NO.O=C(CN(Cc1ccc(Cl)c(O)c1F)Cc1ccc(Cl)c(O)c1F)NO. The summed E-state index contributed by atoms with van der Waals surface area (Å²) in [5, 5.41) is 89.8. The number of nitrogens with zero attached hydrogens (tertiary/aromatic N) is 4. The Morgan fingerprint density at radius 1 is 0.388 bits per heavy atom. The molecular formula is C70H70Cl2F4N8O19. The average molecular weight is 1470 g/mol. The van der Waals surface area contributed by atoms with Crippen LogP contribution in [0.5, 0.6) is 17.2 Å². The number of nitrogens with one attached hydrogen (secondary N) is 4. The number of rotatable bonds is 29. The van der Waals surface area contributed by atoms with Crippen molar-refractivity contribution in [2.75, 3.05) is 33.3 Å². The maximum atomic E-state index is 14.2. The smallest absolute Gasteiger partial charge is 0.335 e. The first-order valence-electron chi connectivity index (χ1n) is 30.2. The van der Waals surface area contributed by atoms with Crippen LogP contribution >= 0.6 is 23.2 Å². The molecule has 0 saturated carbocycles. The highest BCUT2D eigenvalue weighted by molar-refractivity contribution is 6.32. The summed E-state index contributed by atoms with van der Waals surface area (Å²) in [6, 6.07) is 40.2. The van der Waals surface area contributed by atoms with Gasteiger partial charge in [0, 0.05) is 81.2 Å². The standard InChI is InChI=1S/C18H18F2N2O5.C18H18N2O6.C18H20N2O4.C16H14Cl2F2N2O4/c1-27-13-6-15(19)14(16(20)7-13)9-22(10-17(23)21-26)8-11-3-2-4-12(5-11)18(24)25;21-16(19-26)11-20(9-12-1-5-14(6-2-12)17(22)23)10-13-3-7-15(8-4-13)18(24)25;1-13-5-7-14(8-6-13)10-20(12-17(21)19-24)11-15-3-2-4-16(9-15)18(22)23;17-10-3-1-8(13(19)15(10)24)5-22(7-12(23)21-26)6-9-2-4-11(18)16(25)14(9)20/h2-7,26H,8-10H2,1H3,(H,21,23)(H,24,25);1-8,26H,9-11H2,(H,19,21)(H,22,23)(H,24,25);2-9,24H,10-12H2,1H3,(H,19,21)(H,22,23);1-4,24-26H,5-7H2,(H,21,23). The average Bonchev–Trinajstić information content (AvgIpc) is 0.822. The highest BCUT2D eigenvalue weighted by atomic mass is 35.5. The molecule has 0 aliphatic heterocycles. The molecule has 0 heterocycles. The van der Waals surface area contributed by atoms with Crippen molar-refractivity contribution in [3.63, 3.8) is 0 Å². The Bertz CT molecular complexity index is 4120. The summed E-state index contributed by atoms with van der Waals surface area (Å²) >= 11 is 11.2. The molecule has 27 nitrogen and oxygen atoms in total. The molecule has 0 aliphatic carbocycles. The maximum absolute atomic E-state index is 14.2. The van der Waals surface area contributed by atoms with Crippen molar-refractivity contribution in [3.8, 4) is 17.2 Å². The Hall–Kier alpha value is -11.1. The number of carboxylic acid groups (broad SMARTS) is 4. The number of amides is 4. The fraction of sp³-hybridized carbons (Fsp3) is 0.200. The van der Waals surface area contributed by atoms with Crippen LogP contribution in [0.3, 0.4) is 0 Å². The fourth-order valence-electron chi connectivity index (χ4n) is 9.68. The molecule has 546 valence electrons. The van der Waals surface area contributed by atoms with Crippen LogP contribution in [0.15, 0.2) is 158 Å². The molecule has 0 aliphatic rings. The molecule has 0 atom stereocenters. The predicted octanol–water partition coefficient (Wildman–Crippen LogP) is 9.16. The van der Waals surface area contributed by atoms with Crippen LogP contribution in [-0.4, -0.2) is 152 Å². The topological polar surface area (TPSA) is 409 Å². The molecule has 8 aromatic rings. The number of hydrogen-bond donors (Lipinski definition) is 14. The van der Waals surface area contributed by atoms with Crippen LogP contribution in [0.4, 0.5) is 17.6 Å². The van der Waals surface area contributed by atoms with Gasteiger partial charge in [-0.15, -0.1) is 0 Å². The Labute approximate surface area is 595 Å². The number of aromatic hydroxyl groups is 2. The Kier molecular flexibility index (Phi) is 32.8. The van der Waals surface area contributed by atoms with Crippen molar-refractivity contribution >= 4 is 70.7 Å². The van der Waals surface area contributed by atoms with Crippen molar-refractivity contribution in [2.24, 2.45) is 0 Å². The molecule has 4 amide bonds. The number of benzene rings is 8. The highest BCUT2D eigenvalue weighted by Gasteiger charge is 2.23. The quantitative estimate of drug-likeness (QED) is 0.0118. The van der Waals surface area contributed by atoms with E-state index in [1.165, 1.54) is 101 Å². The van der Waals surface area contributed by atoms with Gasteiger partial charge in [0.1, 0.15) is 17.4 Å². The number of ether oxygens (including phenoxy) is 1.